The van der Waals surface area contributed by atoms with E-state index >= 15 is 0 Å². The second-order valence-corrected chi connectivity index (χ2v) is 5.13. The molecule has 0 aliphatic heterocycles. The van der Waals surface area contributed by atoms with Gasteiger partial charge in [0.05, 0.1) is 11.1 Å². The third kappa shape index (κ3) is 1.59. The van der Waals surface area contributed by atoms with Crippen LogP contribution in [0.5, 0.6) is 0 Å². The Morgan fingerprint density at radius 3 is 2.61 bits per heavy atom. The number of hydrogen-bond acceptors (Lipinski definition) is 6. The number of aryl methyl sites for hydroxylation is 1. The van der Waals surface area contributed by atoms with E-state index in [2.05, 4.69) is 15.1 Å². The maximum Gasteiger partial charge on any atom is 0.224 e. The van der Waals surface area contributed by atoms with Gasteiger partial charge in [-0.2, -0.15) is 15.1 Å². The van der Waals surface area contributed by atoms with Crippen molar-refractivity contribution in [2.45, 2.75) is 31.2 Å². The number of anilines is 2. The number of nitrogen functional groups attached to an aromatic ring is 2. The van der Waals surface area contributed by atoms with Crippen LogP contribution in [0.1, 0.15) is 25.0 Å². The van der Waals surface area contributed by atoms with Crippen LogP contribution >= 0.6 is 0 Å². The highest BCUT2D eigenvalue weighted by molar-refractivity contribution is 5.89. The molecule has 0 radical (unpaired) electrons. The zero-order chi connectivity index (χ0) is 12.9. The van der Waals surface area contributed by atoms with Gasteiger partial charge in [-0.3, -0.25) is 0 Å². The Kier molecular flexibility index (Phi) is 2.21. The fraction of sp³-hybridized carbons (Fsp3) is 0.545. The van der Waals surface area contributed by atoms with Gasteiger partial charge in [0.2, 0.25) is 5.95 Å². The zero-order valence-electron chi connectivity index (χ0n) is 10.3. The number of nitrogens with two attached hydrogens (primary N) is 3. The van der Waals surface area contributed by atoms with Gasteiger partial charge in [-0.25, -0.2) is 4.68 Å². The van der Waals surface area contributed by atoms with Crippen molar-refractivity contribution >= 4 is 22.8 Å². The van der Waals surface area contributed by atoms with E-state index in [0.717, 1.165) is 23.9 Å². The maximum atomic E-state index is 6.26. The van der Waals surface area contributed by atoms with Crippen LogP contribution in [0, 0.1) is 0 Å². The highest BCUT2D eigenvalue weighted by Crippen LogP contribution is 2.34. The van der Waals surface area contributed by atoms with Crippen molar-refractivity contribution in [1.29, 1.82) is 0 Å². The Bertz CT molecular complexity index is 611. The van der Waals surface area contributed by atoms with E-state index in [1.165, 1.54) is 6.42 Å². The molecule has 0 bridgehead atoms. The predicted octanol–water partition coefficient (Wildman–Crippen LogP) is -0.0484. The molecule has 3 rings (SSSR count). The zero-order valence-corrected chi connectivity index (χ0v) is 10.3. The van der Waals surface area contributed by atoms with E-state index in [4.69, 9.17) is 17.2 Å². The summed E-state index contributed by atoms with van der Waals surface area (Å²) in [6.07, 6.45) is 3.95. The minimum Gasteiger partial charge on any atom is -0.383 e. The summed E-state index contributed by atoms with van der Waals surface area (Å²) >= 11 is 0. The predicted molar refractivity (Wildman–Crippen MR) is 69.6 cm³/mol. The Morgan fingerprint density at radius 2 is 2.00 bits per heavy atom. The number of nitrogens with zero attached hydrogens (tertiary/aromatic N) is 4. The largest absolute Gasteiger partial charge is 0.383 e. The summed E-state index contributed by atoms with van der Waals surface area (Å²) in [6.45, 7) is 0. The first-order chi connectivity index (χ1) is 8.48. The summed E-state index contributed by atoms with van der Waals surface area (Å²) in [7, 11) is 1.82. The molecule has 6 N–H and O–H groups in total. The lowest BCUT2D eigenvalue weighted by Crippen LogP contribution is -2.48. The van der Waals surface area contributed by atoms with Crippen LogP contribution in [0.4, 0.5) is 11.8 Å². The Balaban J connectivity index is 2.12. The summed E-state index contributed by atoms with van der Waals surface area (Å²) < 4.78 is 1.68. The third-order valence-electron chi connectivity index (χ3n) is 3.67. The van der Waals surface area contributed by atoms with Crippen molar-refractivity contribution < 1.29 is 0 Å². The van der Waals surface area contributed by atoms with Crippen LogP contribution in [0.25, 0.3) is 11.0 Å². The van der Waals surface area contributed by atoms with Crippen LogP contribution in [0.15, 0.2) is 0 Å². The van der Waals surface area contributed by atoms with Gasteiger partial charge in [0.25, 0.3) is 0 Å². The van der Waals surface area contributed by atoms with E-state index in [-0.39, 0.29) is 11.5 Å². The van der Waals surface area contributed by atoms with Gasteiger partial charge in [-0.05, 0) is 19.3 Å². The fourth-order valence-corrected chi connectivity index (χ4v) is 2.54. The van der Waals surface area contributed by atoms with E-state index in [9.17, 15) is 0 Å². The highest BCUT2D eigenvalue weighted by atomic mass is 15.3. The molecule has 2 aromatic heterocycles. The quantitative estimate of drug-likeness (QED) is 0.684. The molecule has 1 saturated carbocycles. The number of rotatable bonds is 2. The van der Waals surface area contributed by atoms with Crippen LogP contribution in [-0.4, -0.2) is 25.3 Å². The van der Waals surface area contributed by atoms with E-state index in [0.29, 0.717) is 17.9 Å². The van der Waals surface area contributed by atoms with Gasteiger partial charge in [0, 0.05) is 19.0 Å². The monoisotopic (exact) mass is 247 g/mol. The number of aromatic nitrogens is 4. The molecule has 0 atom stereocenters. The molecule has 1 aliphatic rings. The van der Waals surface area contributed by atoms with Crippen molar-refractivity contribution in [1.82, 2.24) is 19.7 Å². The molecule has 1 aliphatic carbocycles. The molecule has 1 fully saturated rings. The van der Waals surface area contributed by atoms with Gasteiger partial charge in [0.1, 0.15) is 5.82 Å². The van der Waals surface area contributed by atoms with Crippen LogP contribution in [0.3, 0.4) is 0 Å². The smallest absolute Gasteiger partial charge is 0.224 e. The Labute approximate surface area is 104 Å². The first-order valence-electron chi connectivity index (χ1n) is 6.02. The molecular formula is C11H17N7. The molecule has 0 saturated heterocycles. The van der Waals surface area contributed by atoms with Gasteiger partial charge < -0.3 is 17.2 Å². The lowest BCUT2D eigenvalue weighted by atomic mass is 9.74. The average Bonchev–Trinajstić information content (AvgIpc) is 2.53. The fourth-order valence-electron chi connectivity index (χ4n) is 2.54. The molecule has 0 spiro atoms. The van der Waals surface area contributed by atoms with Gasteiger partial charge in [-0.1, -0.05) is 0 Å². The van der Waals surface area contributed by atoms with Gasteiger partial charge in [0.15, 0.2) is 5.65 Å². The highest BCUT2D eigenvalue weighted by Gasteiger charge is 2.34. The second kappa shape index (κ2) is 3.55. The summed E-state index contributed by atoms with van der Waals surface area (Å²) in [5, 5.41) is 5.24. The third-order valence-corrected chi connectivity index (χ3v) is 3.67. The molecule has 18 heavy (non-hydrogen) atoms. The molecule has 2 heterocycles. The van der Waals surface area contributed by atoms with Crippen molar-refractivity contribution in [3.8, 4) is 0 Å². The first kappa shape index (κ1) is 11.2. The maximum absolute atomic E-state index is 6.26. The molecule has 0 amide bonds. The Morgan fingerprint density at radius 1 is 1.28 bits per heavy atom. The Hall–Kier alpha value is -1.89. The summed E-state index contributed by atoms with van der Waals surface area (Å²) in [5.41, 5.74) is 19.2. The minimum absolute atomic E-state index is 0.144. The SMILES string of the molecule is Cn1nc(CC2(N)CCC2)c2c(N)nc(N)nc21. The molecule has 7 heteroatoms. The van der Waals surface area contributed by atoms with E-state index in [1.807, 2.05) is 7.05 Å². The van der Waals surface area contributed by atoms with Crippen LogP contribution in [0.2, 0.25) is 0 Å². The lowest BCUT2D eigenvalue weighted by Gasteiger charge is -2.37. The van der Waals surface area contributed by atoms with Crippen molar-refractivity contribution in [3.05, 3.63) is 5.69 Å². The van der Waals surface area contributed by atoms with Crippen LogP contribution in [-0.2, 0) is 13.5 Å². The molecule has 2 aromatic rings. The minimum atomic E-state index is -0.144. The van der Waals surface area contributed by atoms with Gasteiger partial charge in [-0.15, -0.1) is 0 Å². The topological polar surface area (TPSA) is 122 Å². The lowest BCUT2D eigenvalue weighted by molar-refractivity contribution is 0.245. The van der Waals surface area contributed by atoms with E-state index in [1.54, 1.807) is 4.68 Å². The standard InChI is InChI=1S/C11H17N7/c1-18-9-7(8(12)15-10(13)16-9)6(17-18)5-11(14)3-2-4-11/h2-5,14H2,1H3,(H4,12,13,15,16). The molecule has 0 unspecified atom stereocenters. The van der Waals surface area contributed by atoms with Crippen molar-refractivity contribution in [2.24, 2.45) is 12.8 Å². The van der Waals surface area contributed by atoms with Crippen molar-refractivity contribution in [2.75, 3.05) is 11.5 Å². The van der Waals surface area contributed by atoms with E-state index < -0.39 is 0 Å². The van der Waals surface area contributed by atoms with Gasteiger partial charge >= 0.3 is 0 Å². The number of hydrogen-bond donors (Lipinski definition) is 3. The summed E-state index contributed by atoms with van der Waals surface area (Å²) in [4.78, 5) is 8.18. The molecule has 7 nitrogen and oxygen atoms in total. The average molecular weight is 247 g/mol. The van der Waals surface area contributed by atoms with Crippen molar-refractivity contribution in [3.63, 3.8) is 0 Å². The number of fused-ring (bicyclic) bond motifs is 1. The molecule has 0 aromatic carbocycles. The van der Waals surface area contributed by atoms with Crippen LogP contribution < -0.4 is 17.2 Å². The second-order valence-electron chi connectivity index (χ2n) is 5.13. The molecule has 96 valence electrons. The first-order valence-corrected chi connectivity index (χ1v) is 6.02. The summed E-state index contributed by atoms with van der Waals surface area (Å²) in [6, 6.07) is 0. The molecular weight excluding hydrogens is 230 g/mol. The normalized spacial score (nSPS) is 17.9. The summed E-state index contributed by atoms with van der Waals surface area (Å²) in [5.74, 6) is 0.546.